The maximum absolute atomic E-state index is 12.8. The van der Waals surface area contributed by atoms with Gasteiger partial charge in [-0.3, -0.25) is 4.79 Å². The van der Waals surface area contributed by atoms with E-state index in [4.69, 9.17) is 5.26 Å². The molecule has 1 unspecified atom stereocenters. The van der Waals surface area contributed by atoms with Gasteiger partial charge in [0.05, 0.1) is 17.7 Å². The third kappa shape index (κ3) is 3.96. The molecule has 1 saturated heterocycles. The summed E-state index contributed by atoms with van der Waals surface area (Å²) in [7, 11) is 2.08. The van der Waals surface area contributed by atoms with Crippen LogP contribution in [0, 0.1) is 11.3 Å². The summed E-state index contributed by atoms with van der Waals surface area (Å²) in [5.74, 6) is -0.0188. The summed E-state index contributed by atoms with van der Waals surface area (Å²) in [6.45, 7) is 2.37. The van der Waals surface area contributed by atoms with E-state index in [2.05, 4.69) is 30.1 Å². The van der Waals surface area contributed by atoms with Crippen LogP contribution >= 0.6 is 0 Å². The predicted molar refractivity (Wildman–Crippen MR) is 98.6 cm³/mol. The van der Waals surface area contributed by atoms with Crippen LogP contribution in [0.5, 0.6) is 0 Å². The van der Waals surface area contributed by atoms with Crippen LogP contribution in [0.25, 0.3) is 6.08 Å². The number of nitrogens with zero attached hydrogens (tertiary/aromatic N) is 3. The van der Waals surface area contributed by atoms with Crippen molar-refractivity contribution in [3.8, 4) is 6.07 Å². The maximum atomic E-state index is 12.8. The van der Waals surface area contributed by atoms with Gasteiger partial charge in [-0.25, -0.2) is 0 Å². The molecule has 0 bridgehead atoms. The Kier molecular flexibility index (Phi) is 5.27. The first-order chi connectivity index (χ1) is 12.2. The summed E-state index contributed by atoms with van der Waals surface area (Å²) in [6, 6.07) is 19.6. The number of carbonyl (C=O) groups excluding carboxylic acids is 1. The van der Waals surface area contributed by atoms with E-state index in [0.29, 0.717) is 12.1 Å². The second-order valence-electron chi connectivity index (χ2n) is 6.25. The minimum Gasteiger partial charge on any atom is -0.330 e. The molecule has 2 aromatic carbocycles. The van der Waals surface area contributed by atoms with E-state index in [9.17, 15) is 4.79 Å². The fourth-order valence-corrected chi connectivity index (χ4v) is 3.14. The van der Waals surface area contributed by atoms with Gasteiger partial charge >= 0.3 is 0 Å². The summed E-state index contributed by atoms with van der Waals surface area (Å²) in [5.41, 5.74) is 2.49. The summed E-state index contributed by atoms with van der Waals surface area (Å²) >= 11 is 0. The Bertz CT molecular complexity index is 807. The lowest BCUT2D eigenvalue weighted by molar-refractivity contribution is -0.130. The van der Waals surface area contributed by atoms with Crippen molar-refractivity contribution >= 4 is 12.0 Å². The third-order valence-electron chi connectivity index (χ3n) is 4.54. The van der Waals surface area contributed by atoms with Crippen LogP contribution in [0.3, 0.4) is 0 Å². The second-order valence-corrected chi connectivity index (χ2v) is 6.25. The predicted octanol–water partition coefficient (Wildman–Crippen LogP) is 3.09. The molecule has 1 heterocycles. The third-order valence-corrected chi connectivity index (χ3v) is 4.54. The average Bonchev–Trinajstić information content (AvgIpc) is 2.67. The molecule has 2 aromatic rings. The number of benzene rings is 2. The Labute approximate surface area is 148 Å². The number of likely N-dealkylation sites (N-methyl/N-ethyl adjacent to an activating group) is 1. The van der Waals surface area contributed by atoms with E-state index in [-0.39, 0.29) is 11.9 Å². The highest BCUT2D eigenvalue weighted by molar-refractivity contribution is 5.92. The molecule has 1 fully saturated rings. The zero-order valence-electron chi connectivity index (χ0n) is 14.3. The van der Waals surface area contributed by atoms with Gasteiger partial charge in [0, 0.05) is 25.7 Å². The molecular weight excluding hydrogens is 310 g/mol. The SMILES string of the molecule is CN1CCN(C(=O)C=Cc2ccccc2C#N)C(c2ccccc2)C1. The zero-order valence-corrected chi connectivity index (χ0v) is 14.3. The number of rotatable bonds is 3. The highest BCUT2D eigenvalue weighted by Crippen LogP contribution is 2.25. The van der Waals surface area contributed by atoms with Crippen molar-refractivity contribution in [3.63, 3.8) is 0 Å². The van der Waals surface area contributed by atoms with Gasteiger partial charge in [-0.05, 0) is 30.3 Å². The highest BCUT2D eigenvalue weighted by Gasteiger charge is 2.28. The fraction of sp³-hybridized carbons (Fsp3) is 0.238. The molecule has 0 aliphatic carbocycles. The van der Waals surface area contributed by atoms with Crippen molar-refractivity contribution in [2.45, 2.75) is 6.04 Å². The average molecular weight is 331 g/mol. The van der Waals surface area contributed by atoms with Crippen LogP contribution in [-0.4, -0.2) is 42.4 Å². The quantitative estimate of drug-likeness (QED) is 0.812. The van der Waals surface area contributed by atoms with Crippen molar-refractivity contribution in [3.05, 3.63) is 77.4 Å². The zero-order chi connectivity index (χ0) is 17.6. The van der Waals surface area contributed by atoms with E-state index in [1.165, 1.54) is 0 Å². The van der Waals surface area contributed by atoms with Gasteiger partial charge < -0.3 is 9.80 Å². The van der Waals surface area contributed by atoms with Crippen molar-refractivity contribution in [1.82, 2.24) is 9.80 Å². The van der Waals surface area contributed by atoms with Gasteiger partial charge in [0.2, 0.25) is 5.91 Å². The van der Waals surface area contributed by atoms with Gasteiger partial charge in [-0.1, -0.05) is 48.5 Å². The highest BCUT2D eigenvalue weighted by atomic mass is 16.2. The molecule has 126 valence electrons. The van der Waals surface area contributed by atoms with Crippen LogP contribution < -0.4 is 0 Å². The smallest absolute Gasteiger partial charge is 0.247 e. The van der Waals surface area contributed by atoms with E-state index >= 15 is 0 Å². The Hall–Kier alpha value is -2.90. The Balaban J connectivity index is 1.82. The molecule has 0 radical (unpaired) electrons. The van der Waals surface area contributed by atoms with Crippen molar-refractivity contribution < 1.29 is 4.79 Å². The molecule has 1 atom stereocenters. The number of amides is 1. The number of piperazine rings is 1. The van der Waals surface area contributed by atoms with Gasteiger partial charge in [-0.2, -0.15) is 5.26 Å². The van der Waals surface area contributed by atoms with Crippen molar-refractivity contribution in [2.24, 2.45) is 0 Å². The van der Waals surface area contributed by atoms with Crippen LogP contribution in [0.15, 0.2) is 60.7 Å². The molecular formula is C21H21N3O. The summed E-state index contributed by atoms with van der Waals surface area (Å²) in [6.07, 6.45) is 3.32. The molecule has 1 aliphatic rings. The fourth-order valence-electron chi connectivity index (χ4n) is 3.14. The lowest BCUT2D eigenvalue weighted by Crippen LogP contribution is -2.48. The standard InChI is InChI=1S/C21H21N3O/c1-23-13-14-24(20(16-23)18-8-3-2-4-9-18)21(25)12-11-17-7-5-6-10-19(17)15-22/h2-12,20H,13-14,16H2,1H3. The number of carbonyl (C=O) groups is 1. The molecule has 4 nitrogen and oxygen atoms in total. The lowest BCUT2D eigenvalue weighted by atomic mass is 10.0. The first-order valence-corrected chi connectivity index (χ1v) is 8.40. The second kappa shape index (κ2) is 7.78. The summed E-state index contributed by atoms with van der Waals surface area (Å²) in [4.78, 5) is 17.0. The molecule has 1 aliphatic heterocycles. The molecule has 25 heavy (non-hydrogen) atoms. The monoisotopic (exact) mass is 331 g/mol. The van der Waals surface area contributed by atoms with E-state index in [1.54, 1.807) is 18.2 Å². The van der Waals surface area contributed by atoms with E-state index in [0.717, 1.165) is 24.2 Å². The minimum atomic E-state index is -0.0188. The Morgan fingerprint density at radius 2 is 1.84 bits per heavy atom. The molecule has 3 rings (SSSR count). The Morgan fingerprint density at radius 3 is 2.60 bits per heavy atom. The van der Waals surface area contributed by atoms with Crippen LogP contribution in [0.2, 0.25) is 0 Å². The molecule has 4 heteroatoms. The lowest BCUT2D eigenvalue weighted by Gasteiger charge is -2.40. The van der Waals surface area contributed by atoms with Crippen molar-refractivity contribution in [1.29, 1.82) is 5.26 Å². The first-order valence-electron chi connectivity index (χ1n) is 8.40. The molecule has 0 N–H and O–H groups in total. The van der Waals surface area contributed by atoms with Crippen LogP contribution in [0.4, 0.5) is 0 Å². The molecule has 1 amide bonds. The minimum absolute atomic E-state index is 0.0188. The van der Waals surface area contributed by atoms with Gasteiger partial charge in [-0.15, -0.1) is 0 Å². The van der Waals surface area contributed by atoms with Crippen LogP contribution in [0.1, 0.15) is 22.7 Å². The van der Waals surface area contributed by atoms with Crippen molar-refractivity contribution in [2.75, 3.05) is 26.7 Å². The van der Waals surface area contributed by atoms with Crippen LogP contribution in [-0.2, 0) is 4.79 Å². The van der Waals surface area contributed by atoms with Gasteiger partial charge in [0.15, 0.2) is 0 Å². The van der Waals surface area contributed by atoms with E-state index < -0.39 is 0 Å². The van der Waals surface area contributed by atoms with Gasteiger partial charge in [0.1, 0.15) is 0 Å². The largest absolute Gasteiger partial charge is 0.330 e. The molecule has 0 spiro atoms. The number of hydrogen-bond acceptors (Lipinski definition) is 3. The van der Waals surface area contributed by atoms with Gasteiger partial charge in [0.25, 0.3) is 0 Å². The summed E-state index contributed by atoms with van der Waals surface area (Å²) in [5, 5.41) is 9.17. The maximum Gasteiger partial charge on any atom is 0.247 e. The van der Waals surface area contributed by atoms with E-state index in [1.807, 2.05) is 41.3 Å². The first kappa shape index (κ1) is 16.9. The summed E-state index contributed by atoms with van der Waals surface area (Å²) < 4.78 is 0. The topological polar surface area (TPSA) is 47.3 Å². The number of nitriles is 1. The molecule has 0 saturated carbocycles. The number of hydrogen-bond donors (Lipinski definition) is 0. The molecule has 0 aromatic heterocycles. The Morgan fingerprint density at radius 1 is 1.12 bits per heavy atom. The normalized spacial score (nSPS) is 18.2.